The highest BCUT2D eigenvalue weighted by molar-refractivity contribution is 7.89. The van der Waals surface area contributed by atoms with E-state index in [-0.39, 0.29) is 22.9 Å². The molecular formula is C21H25ClN2O4S. The van der Waals surface area contributed by atoms with Crippen molar-refractivity contribution >= 4 is 27.5 Å². The highest BCUT2D eigenvalue weighted by Crippen LogP contribution is 2.27. The summed E-state index contributed by atoms with van der Waals surface area (Å²) in [6, 6.07) is 11.5. The van der Waals surface area contributed by atoms with Gasteiger partial charge in [-0.25, -0.2) is 8.42 Å². The Hall–Kier alpha value is -2.09. The second kappa shape index (κ2) is 9.15. The van der Waals surface area contributed by atoms with E-state index in [4.69, 9.17) is 16.3 Å². The normalized spacial score (nSPS) is 14.8. The summed E-state index contributed by atoms with van der Waals surface area (Å²) < 4.78 is 32.8. The fourth-order valence-corrected chi connectivity index (χ4v) is 4.84. The molecule has 0 aliphatic carbocycles. The summed E-state index contributed by atoms with van der Waals surface area (Å²) in [7, 11) is -0.817. The number of carbonyl (C=O) groups is 1. The second-order valence-corrected chi connectivity index (χ2v) is 9.59. The van der Waals surface area contributed by atoms with Crippen molar-refractivity contribution in [2.75, 3.05) is 27.2 Å². The second-order valence-electron chi connectivity index (χ2n) is 7.11. The molecule has 0 bridgehead atoms. The molecule has 156 valence electrons. The van der Waals surface area contributed by atoms with Gasteiger partial charge in [0.15, 0.2) is 0 Å². The molecule has 0 aromatic heterocycles. The van der Waals surface area contributed by atoms with Crippen LogP contribution < -0.4 is 4.74 Å². The van der Waals surface area contributed by atoms with Crippen molar-refractivity contribution in [2.24, 2.45) is 0 Å². The number of sulfonamides is 1. The minimum Gasteiger partial charge on any atom is -0.496 e. The van der Waals surface area contributed by atoms with Crippen LogP contribution in [0.3, 0.4) is 0 Å². The summed E-state index contributed by atoms with van der Waals surface area (Å²) in [5.41, 5.74) is 1.05. The molecule has 1 heterocycles. The van der Waals surface area contributed by atoms with Gasteiger partial charge in [0.25, 0.3) is 5.91 Å². The van der Waals surface area contributed by atoms with Crippen molar-refractivity contribution in [3.63, 3.8) is 0 Å². The molecule has 29 heavy (non-hydrogen) atoms. The predicted octanol–water partition coefficient (Wildman–Crippen LogP) is 3.80. The van der Waals surface area contributed by atoms with Crippen LogP contribution in [0, 0.1) is 0 Å². The molecule has 1 saturated heterocycles. The van der Waals surface area contributed by atoms with E-state index in [1.165, 1.54) is 36.7 Å². The van der Waals surface area contributed by atoms with Crippen LogP contribution in [-0.2, 0) is 16.6 Å². The summed E-state index contributed by atoms with van der Waals surface area (Å²) in [5.74, 6) is 0.174. The number of amides is 1. The third-order valence-electron chi connectivity index (χ3n) is 5.05. The lowest BCUT2D eigenvalue weighted by molar-refractivity contribution is 0.0720. The van der Waals surface area contributed by atoms with Crippen molar-refractivity contribution in [3.8, 4) is 5.75 Å². The molecule has 0 radical (unpaired) electrons. The van der Waals surface area contributed by atoms with Crippen molar-refractivity contribution in [3.05, 3.63) is 58.6 Å². The van der Waals surface area contributed by atoms with Gasteiger partial charge < -0.3 is 9.64 Å². The highest BCUT2D eigenvalue weighted by Gasteiger charge is 2.26. The van der Waals surface area contributed by atoms with Gasteiger partial charge in [0.1, 0.15) is 5.75 Å². The van der Waals surface area contributed by atoms with Crippen molar-refractivity contribution in [1.29, 1.82) is 0 Å². The van der Waals surface area contributed by atoms with Gasteiger partial charge in [0, 0.05) is 31.7 Å². The summed E-state index contributed by atoms with van der Waals surface area (Å²) in [6.45, 7) is 1.52. The maximum absolute atomic E-state index is 13.1. The number of hydrogen-bond donors (Lipinski definition) is 0. The van der Waals surface area contributed by atoms with E-state index in [1.807, 2.05) is 6.07 Å². The Balaban J connectivity index is 1.89. The summed E-state index contributed by atoms with van der Waals surface area (Å²) in [4.78, 5) is 14.8. The Morgan fingerprint density at radius 2 is 1.86 bits per heavy atom. The smallest absolute Gasteiger partial charge is 0.257 e. The van der Waals surface area contributed by atoms with E-state index in [1.54, 1.807) is 23.1 Å². The molecule has 0 N–H and O–H groups in total. The molecule has 0 spiro atoms. The van der Waals surface area contributed by atoms with Gasteiger partial charge in [-0.1, -0.05) is 23.7 Å². The number of rotatable bonds is 6. The average molecular weight is 437 g/mol. The first-order chi connectivity index (χ1) is 13.8. The molecule has 1 amide bonds. The van der Waals surface area contributed by atoms with Crippen LogP contribution in [-0.4, -0.2) is 50.8 Å². The van der Waals surface area contributed by atoms with Gasteiger partial charge in [0.05, 0.1) is 17.6 Å². The van der Waals surface area contributed by atoms with Crippen LogP contribution in [0.25, 0.3) is 0 Å². The SMILES string of the molecule is COc1ccc(S(=O)(=O)N(C)Cc2cccc(Cl)c2)cc1C(=O)N1CCCCC1. The predicted molar refractivity (Wildman–Crippen MR) is 113 cm³/mol. The standard InChI is InChI=1S/C21H25ClN2O4S/c1-23(15-16-7-6-8-17(22)13-16)29(26,27)18-9-10-20(28-2)19(14-18)21(25)24-11-4-3-5-12-24/h6-10,13-14H,3-5,11-12,15H2,1-2H3. The highest BCUT2D eigenvalue weighted by atomic mass is 35.5. The van der Waals surface area contributed by atoms with Gasteiger partial charge in [0.2, 0.25) is 10.0 Å². The molecule has 1 fully saturated rings. The van der Waals surface area contributed by atoms with E-state index in [0.717, 1.165) is 24.8 Å². The van der Waals surface area contributed by atoms with Gasteiger partial charge >= 0.3 is 0 Å². The Morgan fingerprint density at radius 1 is 1.14 bits per heavy atom. The van der Waals surface area contributed by atoms with Crippen LogP contribution in [0.5, 0.6) is 5.75 Å². The average Bonchev–Trinajstić information content (AvgIpc) is 2.73. The van der Waals surface area contributed by atoms with Crippen LogP contribution >= 0.6 is 11.6 Å². The quantitative estimate of drug-likeness (QED) is 0.690. The first-order valence-electron chi connectivity index (χ1n) is 9.51. The van der Waals surface area contributed by atoms with Crippen LogP contribution in [0.1, 0.15) is 35.2 Å². The van der Waals surface area contributed by atoms with Gasteiger partial charge in [-0.05, 0) is 55.2 Å². The Labute approximate surface area is 177 Å². The molecule has 0 atom stereocenters. The molecule has 1 aliphatic heterocycles. The first-order valence-corrected chi connectivity index (χ1v) is 11.3. The van der Waals surface area contributed by atoms with E-state index in [0.29, 0.717) is 23.9 Å². The fourth-order valence-electron chi connectivity index (χ4n) is 3.44. The zero-order chi connectivity index (χ0) is 21.0. The molecule has 8 heteroatoms. The maximum Gasteiger partial charge on any atom is 0.257 e. The fraction of sp³-hybridized carbons (Fsp3) is 0.381. The Kier molecular flexibility index (Phi) is 6.82. The topological polar surface area (TPSA) is 66.9 Å². The number of piperidine rings is 1. The van der Waals surface area contributed by atoms with E-state index in [9.17, 15) is 13.2 Å². The lowest BCUT2D eigenvalue weighted by Gasteiger charge is -2.27. The van der Waals surface area contributed by atoms with Crippen LogP contribution in [0.2, 0.25) is 5.02 Å². The van der Waals surface area contributed by atoms with Crippen molar-refractivity contribution < 1.29 is 17.9 Å². The van der Waals surface area contributed by atoms with Gasteiger partial charge in [-0.3, -0.25) is 4.79 Å². The number of nitrogens with zero attached hydrogens (tertiary/aromatic N) is 2. The number of halogens is 1. The third-order valence-corrected chi connectivity index (χ3v) is 7.08. The molecule has 0 unspecified atom stereocenters. The number of likely N-dealkylation sites (tertiary alicyclic amines) is 1. The Morgan fingerprint density at radius 3 is 2.52 bits per heavy atom. The number of methoxy groups -OCH3 is 1. The molecule has 2 aromatic carbocycles. The Bertz CT molecular complexity index is 988. The lowest BCUT2D eigenvalue weighted by atomic mass is 10.1. The number of carbonyl (C=O) groups excluding carboxylic acids is 1. The van der Waals surface area contributed by atoms with Gasteiger partial charge in [-0.2, -0.15) is 4.31 Å². The van der Waals surface area contributed by atoms with E-state index in [2.05, 4.69) is 0 Å². The van der Waals surface area contributed by atoms with Crippen LogP contribution in [0.15, 0.2) is 47.4 Å². The molecule has 3 rings (SSSR count). The number of ether oxygens (including phenoxy) is 1. The molecular weight excluding hydrogens is 412 g/mol. The monoisotopic (exact) mass is 436 g/mol. The van der Waals surface area contributed by atoms with Crippen molar-refractivity contribution in [1.82, 2.24) is 9.21 Å². The zero-order valence-corrected chi connectivity index (χ0v) is 18.2. The number of hydrogen-bond acceptors (Lipinski definition) is 4. The summed E-state index contributed by atoms with van der Waals surface area (Å²) >= 11 is 6.00. The van der Waals surface area contributed by atoms with Crippen LogP contribution in [0.4, 0.5) is 0 Å². The molecule has 1 aliphatic rings. The largest absolute Gasteiger partial charge is 0.496 e. The number of benzene rings is 2. The summed E-state index contributed by atoms with van der Waals surface area (Å²) in [6.07, 6.45) is 3.01. The summed E-state index contributed by atoms with van der Waals surface area (Å²) in [5, 5.41) is 0.548. The maximum atomic E-state index is 13.1. The van der Waals surface area contributed by atoms with Crippen molar-refractivity contribution in [2.45, 2.75) is 30.7 Å². The lowest BCUT2D eigenvalue weighted by Crippen LogP contribution is -2.36. The zero-order valence-electron chi connectivity index (χ0n) is 16.6. The van der Waals surface area contributed by atoms with E-state index >= 15 is 0 Å². The molecule has 0 saturated carbocycles. The first kappa shape index (κ1) is 21.6. The minimum absolute atomic E-state index is 0.0585. The van der Waals surface area contributed by atoms with Gasteiger partial charge in [-0.15, -0.1) is 0 Å². The molecule has 2 aromatic rings. The molecule has 6 nitrogen and oxygen atoms in total. The minimum atomic E-state index is -3.80. The van der Waals surface area contributed by atoms with E-state index < -0.39 is 10.0 Å². The third kappa shape index (κ3) is 4.91.